The van der Waals surface area contributed by atoms with Crippen molar-refractivity contribution in [2.24, 2.45) is 0 Å². The second-order valence-corrected chi connectivity index (χ2v) is 3.42. The zero-order valence-electron chi connectivity index (χ0n) is 7.43. The van der Waals surface area contributed by atoms with Gasteiger partial charge >= 0.3 is 13.8 Å². The number of halogens is 1. The maximum atomic E-state index is 12.0. The molecule has 0 aromatic carbocycles. The number of rotatable bonds is 6. The molecule has 0 rings (SSSR count). The van der Waals surface area contributed by atoms with Gasteiger partial charge in [0.15, 0.2) is 0 Å². The number of carbonyl (C=O) groups is 1. The van der Waals surface area contributed by atoms with Gasteiger partial charge in [-0.2, -0.15) is 4.39 Å². The van der Waals surface area contributed by atoms with Gasteiger partial charge in [0.05, 0.1) is 6.61 Å². The van der Waals surface area contributed by atoms with Crippen molar-refractivity contribution in [1.29, 1.82) is 0 Å². The van der Waals surface area contributed by atoms with Gasteiger partial charge in [-0.1, -0.05) is 6.58 Å². The number of phosphoric ester groups is 1. The Morgan fingerprint density at radius 3 is 2.57 bits per heavy atom. The minimum Gasteiger partial charge on any atom is -0.433 e. The quantitative estimate of drug-likeness (QED) is 0.317. The van der Waals surface area contributed by atoms with Gasteiger partial charge in [0, 0.05) is 0 Å². The first-order chi connectivity index (χ1) is 6.39. The zero-order chi connectivity index (χ0) is 11.2. The fraction of sp³-hybridized carbons (Fsp3) is 0.500. The van der Waals surface area contributed by atoms with E-state index in [2.05, 4.69) is 20.4 Å². The van der Waals surface area contributed by atoms with E-state index >= 15 is 0 Å². The van der Waals surface area contributed by atoms with Crippen LogP contribution in [0.2, 0.25) is 0 Å². The summed E-state index contributed by atoms with van der Waals surface area (Å²) in [5.74, 6) is -2.68. The van der Waals surface area contributed by atoms with E-state index in [1.54, 1.807) is 0 Å². The fourth-order valence-electron chi connectivity index (χ4n) is 0.425. The van der Waals surface area contributed by atoms with Gasteiger partial charge in [0.2, 0.25) is 12.6 Å². The van der Waals surface area contributed by atoms with Gasteiger partial charge in [-0.15, -0.1) is 0 Å². The van der Waals surface area contributed by atoms with Crippen LogP contribution in [0.3, 0.4) is 0 Å². The molecule has 0 saturated heterocycles. The van der Waals surface area contributed by atoms with Crippen LogP contribution in [-0.2, 0) is 23.1 Å². The molecule has 0 saturated carbocycles. The lowest BCUT2D eigenvalue weighted by molar-refractivity contribution is -0.147. The van der Waals surface area contributed by atoms with E-state index in [1.807, 2.05) is 0 Å². The Hall–Kier alpha value is -0.750. The molecule has 1 N–H and O–H groups in total. The molecule has 0 aromatic heterocycles. The SMILES string of the molecule is C=C(F)C(=O)OCOP(=O)(O)OCC. The smallest absolute Gasteiger partial charge is 0.433 e. The number of esters is 1. The molecule has 0 amide bonds. The third kappa shape index (κ3) is 5.82. The van der Waals surface area contributed by atoms with Crippen molar-refractivity contribution >= 4 is 13.8 Å². The third-order valence-corrected chi connectivity index (χ3v) is 1.94. The highest BCUT2D eigenvalue weighted by Crippen LogP contribution is 2.42. The van der Waals surface area contributed by atoms with E-state index < -0.39 is 26.4 Å². The number of phosphoric acid groups is 1. The van der Waals surface area contributed by atoms with Crippen LogP contribution < -0.4 is 0 Å². The molecule has 1 atom stereocenters. The molecule has 0 aliphatic rings. The van der Waals surface area contributed by atoms with Crippen LogP contribution in [-0.4, -0.2) is 24.3 Å². The molecule has 0 heterocycles. The van der Waals surface area contributed by atoms with E-state index in [9.17, 15) is 13.8 Å². The van der Waals surface area contributed by atoms with Crippen molar-refractivity contribution in [3.63, 3.8) is 0 Å². The average Bonchev–Trinajstić information content (AvgIpc) is 2.03. The Morgan fingerprint density at radius 1 is 1.57 bits per heavy atom. The van der Waals surface area contributed by atoms with Crippen LogP contribution in [0.1, 0.15) is 6.92 Å². The van der Waals surface area contributed by atoms with Gasteiger partial charge in [0.25, 0.3) is 0 Å². The van der Waals surface area contributed by atoms with Gasteiger partial charge in [-0.05, 0) is 6.92 Å². The van der Waals surface area contributed by atoms with Gasteiger partial charge in [0.1, 0.15) is 0 Å². The molecule has 1 unspecified atom stereocenters. The standard InChI is InChI=1S/C6H10FO6P/c1-3-12-14(9,10)13-4-11-6(8)5(2)7/h2-4H2,1H3,(H,9,10). The van der Waals surface area contributed by atoms with Crippen LogP contribution >= 0.6 is 7.82 Å². The molecule has 0 radical (unpaired) electrons. The summed E-state index contributed by atoms with van der Waals surface area (Å²) in [5, 5.41) is 0. The lowest BCUT2D eigenvalue weighted by Gasteiger charge is -2.10. The second kappa shape index (κ2) is 5.87. The predicted molar refractivity (Wildman–Crippen MR) is 43.7 cm³/mol. The van der Waals surface area contributed by atoms with E-state index in [0.29, 0.717) is 0 Å². The highest BCUT2D eigenvalue weighted by atomic mass is 31.2. The summed E-state index contributed by atoms with van der Waals surface area (Å²) in [6, 6.07) is 0. The Kier molecular flexibility index (Phi) is 5.56. The number of hydrogen-bond acceptors (Lipinski definition) is 5. The van der Waals surface area contributed by atoms with Crippen LogP contribution in [0.15, 0.2) is 12.4 Å². The van der Waals surface area contributed by atoms with Gasteiger partial charge in [-0.25, -0.2) is 13.9 Å². The minimum absolute atomic E-state index is 0.0441. The third-order valence-electron chi connectivity index (χ3n) is 0.920. The first-order valence-electron chi connectivity index (χ1n) is 3.52. The molecule has 6 nitrogen and oxygen atoms in total. The monoisotopic (exact) mass is 228 g/mol. The maximum Gasteiger partial charge on any atom is 0.475 e. The minimum atomic E-state index is -4.21. The highest BCUT2D eigenvalue weighted by molar-refractivity contribution is 7.47. The summed E-state index contributed by atoms with van der Waals surface area (Å²) in [4.78, 5) is 19.2. The lowest BCUT2D eigenvalue weighted by Crippen LogP contribution is -2.08. The highest BCUT2D eigenvalue weighted by Gasteiger charge is 2.20. The molecule has 14 heavy (non-hydrogen) atoms. The molecule has 82 valence electrons. The van der Waals surface area contributed by atoms with E-state index in [1.165, 1.54) is 6.92 Å². The van der Waals surface area contributed by atoms with E-state index in [4.69, 9.17) is 4.89 Å². The van der Waals surface area contributed by atoms with Crippen LogP contribution in [0, 0.1) is 0 Å². The first-order valence-corrected chi connectivity index (χ1v) is 5.02. The van der Waals surface area contributed by atoms with E-state index in [0.717, 1.165) is 0 Å². The summed E-state index contributed by atoms with van der Waals surface area (Å²) in [5.41, 5.74) is 0. The zero-order valence-corrected chi connectivity index (χ0v) is 8.33. The number of ether oxygens (including phenoxy) is 1. The predicted octanol–water partition coefficient (Wildman–Crippen LogP) is 1.12. The normalized spacial score (nSPS) is 14.5. The Balaban J connectivity index is 3.79. The molecule has 0 aliphatic carbocycles. The summed E-state index contributed by atoms with van der Waals surface area (Å²) in [6.45, 7) is 3.20. The average molecular weight is 228 g/mol. The maximum absolute atomic E-state index is 12.0. The first kappa shape index (κ1) is 13.2. The largest absolute Gasteiger partial charge is 0.475 e. The van der Waals surface area contributed by atoms with Crippen LogP contribution in [0.25, 0.3) is 0 Å². The van der Waals surface area contributed by atoms with E-state index in [-0.39, 0.29) is 6.61 Å². The van der Waals surface area contributed by atoms with Crippen molar-refractivity contribution in [2.45, 2.75) is 6.92 Å². The molecule has 0 spiro atoms. The summed E-state index contributed by atoms with van der Waals surface area (Å²) in [6.07, 6.45) is 0. The second-order valence-electron chi connectivity index (χ2n) is 1.97. The fourth-order valence-corrected chi connectivity index (χ4v) is 1.01. The Morgan fingerprint density at radius 2 is 2.14 bits per heavy atom. The van der Waals surface area contributed by atoms with Crippen LogP contribution in [0.5, 0.6) is 0 Å². The molecular formula is C6H10FO6P. The van der Waals surface area contributed by atoms with Gasteiger partial charge < -0.3 is 9.63 Å². The lowest BCUT2D eigenvalue weighted by atomic mass is 10.6. The van der Waals surface area contributed by atoms with Gasteiger partial charge in [-0.3, -0.25) is 4.52 Å². The van der Waals surface area contributed by atoms with Crippen molar-refractivity contribution in [3.8, 4) is 0 Å². The molecule has 0 fully saturated rings. The van der Waals surface area contributed by atoms with Crippen molar-refractivity contribution in [1.82, 2.24) is 0 Å². The Labute approximate surface area is 79.9 Å². The summed E-state index contributed by atoms with van der Waals surface area (Å²) in [7, 11) is -4.21. The van der Waals surface area contributed by atoms with Crippen LogP contribution in [0.4, 0.5) is 4.39 Å². The number of carbonyl (C=O) groups excluding carboxylic acids is 1. The molecule has 8 heteroatoms. The molecular weight excluding hydrogens is 218 g/mol. The van der Waals surface area contributed by atoms with Crippen molar-refractivity contribution in [2.75, 3.05) is 13.4 Å². The molecule has 0 bridgehead atoms. The van der Waals surface area contributed by atoms with Crippen molar-refractivity contribution in [3.05, 3.63) is 12.4 Å². The molecule has 0 aromatic rings. The Bertz CT molecular complexity index is 265. The number of hydrogen-bond donors (Lipinski definition) is 1. The van der Waals surface area contributed by atoms with Crippen molar-refractivity contribution < 1.29 is 32.4 Å². The summed E-state index contributed by atoms with van der Waals surface area (Å²) >= 11 is 0. The summed E-state index contributed by atoms with van der Waals surface area (Å²) < 4.78 is 35.2. The topological polar surface area (TPSA) is 82.1 Å². The molecule has 0 aliphatic heterocycles.